The minimum absolute atomic E-state index is 0.102. The molecule has 154 valence electrons. The minimum Gasteiger partial charge on any atom is -0.459 e. The molecule has 0 bridgehead atoms. The average Bonchev–Trinajstić information content (AvgIpc) is 3.31. The first-order valence-corrected chi connectivity index (χ1v) is 10.2. The van der Waals surface area contributed by atoms with Gasteiger partial charge in [0.15, 0.2) is 0 Å². The summed E-state index contributed by atoms with van der Waals surface area (Å²) in [5.74, 6) is 0.250. The number of tetrazole rings is 1. The fourth-order valence-electron chi connectivity index (χ4n) is 2.39. The second kappa shape index (κ2) is 8.13. The molecule has 0 fully saturated rings. The van der Waals surface area contributed by atoms with Crippen LogP contribution in [0, 0.1) is 0 Å². The van der Waals surface area contributed by atoms with Crippen molar-refractivity contribution < 1.29 is 22.4 Å². The second-order valence-electron chi connectivity index (χ2n) is 6.69. The third kappa shape index (κ3) is 4.69. The molecule has 2 aromatic heterocycles. The number of hydrogen-bond acceptors (Lipinski definition) is 8. The Kier molecular flexibility index (Phi) is 5.80. The van der Waals surface area contributed by atoms with Crippen LogP contribution < -0.4 is 0 Å². The van der Waals surface area contributed by atoms with Gasteiger partial charge in [-0.3, -0.25) is 0 Å². The number of carbonyl (C=O) groups is 1. The van der Waals surface area contributed by atoms with Crippen LogP contribution in [0.25, 0.3) is 11.4 Å². The summed E-state index contributed by atoms with van der Waals surface area (Å²) in [7, 11) is -0.802. The molecule has 0 amide bonds. The Labute approximate surface area is 168 Å². The van der Waals surface area contributed by atoms with E-state index in [1.54, 1.807) is 44.2 Å². The number of carbonyl (C=O) groups excluding carboxylic acids is 1. The van der Waals surface area contributed by atoms with Gasteiger partial charge in [-0.2, -0.15) is 4.80 Å². The highest BCUT2D eigenvalue weighted by Crippen LogP contribution is 2.19. The van der Waals surface area contributed by atoms with Crippen LogP contribution >= 0.6 is 0 Å². The summed E-state index contributed by atoms with van der Waals surface area (Å²) in [6.45, 7) is 3.66. The van der Waals surface area contributed by atoms with Gasteiger partial charge in [0, 0.05) is 19.7 Å². The molecule has 0 aliphatic rings. The maximum atomic E-state index is 12.1. The summed E-state index contributed by atoms with van der Waals surface area (Å²) in [5, 5.41) is 12.1. The normalized spacial score (nSPS) is 11.9. The van der Waals surface area contributed by atoms with Crippen LogP contribution in [-0.2, 0) is 21.3 Å². The van der Waals surface area contributed by atoms with E-state index in [4.69, 9.17) is 9.15 Å². The Morgan fingerprint density at radius 3 is 2.69 bits per heavy atom. The molecule has 0 spiro atoms. The number of aromatic nitrogens is 4. The fraction of sp³-hybridized carbons (Fsp3) is 0.333. The first-order valence-electron chi connectivity index (χ1n) is 8.77. The maximum absolute atomic E-state index is 12.1. The highest BCUT2D eigenvalue weighted by atomic mass is 32.2. The van der Waals surface area contributed by atoms with E-state index in [9.17, 15) is 13.2 Å². The van der Waals surface area contributed by atoms with Gasteiger partial charge in [0.1, 0.15) is 12.3 Å². The highest BCUT2D eigenvalue weighted by Gasteiger charge is 2.22. The van der Waals surface area contributed by atoms with Crippen molar-refractivity contribution in [3.63, 3.8) is 0 Å². The summed E-state index contributed by atoms with van der Waals surface area (Å²) in [4.78, 5) is 13.3. The number of esters is 1. The Balaban J connectivity index is 1.77. The van der Waals surface area contributed by atoms with Gasteiger partial charge < -0.3 is 9.15 Å². The predicted molar refractivity (Wildman–Crippen MR) is 102 cm³/mol. The van der Waals surface area contributed by atoms with Gasteiger partial charge in [-0.05, 0) is 43.3 Å². The quantitative estimate of drug-likeness (QED) is 0.532. The molecule has 10 nitrogen and oxygen atoms in total. The zero-order chi connectivity index (χ0) is 21.2. The van der Waals surface area contributed by atoms with Crippen LogP contribution in [0.4, 0.5) is 0 Å². The van der Waals surface area contributed by atoms with Crippen molar-refractivity contribution in [2.24, 2.45) is 0 Å². The van der Waals surface area contributed by atoms with Crippen LogP contribution in [0.2, 0.25) is 0 Å². The summed E-state index contributed by atoms with van der Waals surface area (Å²) in [6, 6.07) is 9.66. The predicted octanol–water partition coefficient (Wildman–Crippen LogP) is 1.80. The Morgan fingerprint density at radius 2 is 2.00 bits per heavy atom. The van der Waals surface area contributed by atoms with E-state index >= 15 is 0 Å². The molecule has 0 aliphatic heterocycles. The van der Waals surface area contributed by atoms with Crippen molar-refractivity contribution >= 4 is 16.0 Å². The van der Waals surface area contributed by atoms with E-state index in [0.717, 1.165) is 4.31 Å². The topological polar surface area (TPSA) is 120 Å². The van der Waals surface area contributed by atoms with Crippen molar-refractivity contribution in [3.05, 3.63) is 47.7 Å². The molecule has 0 saturated heterocycles. The average molecular weight is 419 g/mol. The van der Waals surface area contributed by atoms with E-state index in [-0.39, 0.29) is 17.7 Å². The Morgan fingerprint density at radius 1 is 1.24 bits per heavy atom. The van der Waals surface area contributed by atoms with Crippen molar-refractivity contribution in [2.75, 3.05) is 14.1 Å². The number of hydrogen-bond donors (Lipinski definition) is 0. The van der Waals surface area contributed by atoms with Crippen LogP contribution in [0.3, 0.4) is 0 Å². The lowest BCUT2D eigenvalue weighted by molar-refractivity contribution is 0.0378. The molecule has 1 aromatic carbocycles. The van der Waals surface area contributed by atoms with Crippen molar-refractivity contribution in [2.45, 2.75) is 31.6 Å². The number of furan rings is 1. The molecular weight excluding hydrogens is 398 g/mol. The molecule has 0 N–H and O–H groups in total. The fourth-order valence-corrected chi connectivity index (χ4v) is 3.21. The number of rotatable bonds is 7. The van der Waals surface area contributed by atoms with Gasteiger partial charge in [0.2, 0.25) is 10.9 Å². The van der Waals surface area contributed by atoms with E-state index < -0.39 is 16.0 Å². The molecule has 3 rings (SSSR count). The van der Waals surface area contributed by atoms with Gasteiger partial charge in [-0.25, -0.2) is 17.5 Å². The molecule has 3 aromatic rings. The highest BCUT2D eigenvalue weighted by molar-refractivity contribution is 7.88. The third-order valence-corrected chi connectivity index (χ3v) is 5.51. The minimum atomic E-state index is -3.65. The van der Waals surface area contributed by atoms with Crippen LogP contribution in [-0.4, -0.2) is 59.1 Å². The molecule has 0 unspecified atom stereocenters. The van der Waals surface area contributed by atoms with E-state index in [1.807, 2.05) is 0 Å². The second-order valence-corrected chi connectivity index (χ2v) is 8.77. The lowest BCUT2D eigenvalue weighted by Gasteiger charge is -2.08. The maximum Gasteiger partial charge on any atom is 0.338 e. The van der Waals surface area contributed by atoms with Crippen LogP contribution in [0.15, 0.2) is 45.9 Å². The molecule has 0 radical (unpaired) electrons. The zero-order valence-electron chi connectivity index (χ0n) is 16.4. The van der Waals surface area contributed by atoms with Crippen molar-refractivity contribution in [3.8, 4) is 11.4 Å². The third-order valence-electron chi connectivity index (χ3n) is 3.82. The number of sulfonamides is 1. The van der Waals surface area contributed by atoms with Crippen LogP contribution in [0.1, 0.15) is 30.0 Å². The molecule has 11 heteroatoms. The molecule has 29 heavy (non-hydrogen) atoms. The SMILES string of the molecule is CC(C)OC(=O)c1cccc(-c2nnn(Cc3ccc(S(=O)(=O)N(C)C)o3)n2)c1. The lowest BCUT2D eigenvalue weighted by Crippen LogP contribution is -2.21. The summed E-state index contributed by atoms with van der Waals surface area (Å²) in [6.07, 6.45) is -0.223. The number of nitrogens with zero attached hydrogens (tertiary/aromatic N) is 5. The molecule has 0 aliphatic carbocycles. The van der Waals surface area contributed by atoms with Gasteiger partial charge in [-0.15, -0.1) is 10.2 Å². The summed E-state index contributed by atoms with van der Waals surface area (Å²) < 4.78 is 35.8. The molecule has 0 saturated carbocycles. The van der Waals surface area contributed by atoms with Crippen LogP contribution in [0.5, 0.6) is 0 Å². The van der Waals surface area contributed by atoms with E-state index in [2.05, 4.69) is 15.4 Å². The first kappa shape index (κ1) is 20.7. The Hall–Kier alpha value is -3.05. The zero-order valence-corrected chi connectivity index (χ0v) is 17.3. The summed E-state index contributed by atoms with van der Waals surface area (Å²) in [5.41, 5.74) is 0.988. The van der Waals surface area contributed by atoms with Gasteiger partial charge in [0.25, 0.3) is 10.0 Å². The standard InChI is InChI=1S/C18H21N5O5S/c1-12(2)27-18(24)14-7-5-6-13(10-14)17-19-21-23(20-17)11-15-8-9-16(28-15)29(25,26)22(3)4/h5-10,12H,11H2,1-4H3. The lowest BCUT2D eigenvalue weighted by atomic mass is 10.1. The number of ether oxygens (including phenoxy) is 1. The van der Waals surface area contributed by atoms with E-state index in [1.165, 1.54) is 25.0 Å². The molecular formula is C18H21N5O5S. The Bertz CT molecular complexity index is 1120. The number of benzene rings is 1. The van der Waals surface area contributed by atoms with Crippen molar-refractivity contribution in [1.82, 2.24) is 24.5 Å². The van der Waals surface area contributed by atoms with Gasteiger partial charge in [-0.1, -0.05) is 12.1 Å². The van der Waals surface area contributed by atoms with E-state index in [0.29, 0.717) is 22.7 Å². The van der Waals surface area contributed by atoms with Gasteiger partial charge >= 0.3 is 5.97 Å². The monoisotopic (exact) mass is 419 g/mol. The molecule has 0 atom stereocenters. The smallest absolute Gasteiger partial charge is 0.338 e. The van der Waals surface area contributed by atoms with Gasteiger partial charge in [0.05, 0.1) is 11.7 Å². The summed E-state index contributed by atoms with van der Waals surface area (Å²) >= 11 is 0. The molecule has 2 heterocycles. The van der Waals surface area contributed by atoms with Crippen molar-refractivity contribution in [1.29, 1.82) is 0 Å². The largest absolute Gasteiger partial charge is 0.459 e. The first-order chi connectivity index (χ1) is 13.7.